The molecule has 3 heteroatoms. The van der Waals surface area contributed by atoms with Crippen LogP contribution in [0.25, 0.3) is 11.1 Å². The molecule has 0 fully saturated rings. The lowest BCUT2D eigenvalue weighted by Crippen LogP contribution is -1.99. The second kappa shape index (κ2) is 5.73. The van der Waals surface area contributed by atoms with Gasteiger partial charge in [-0.15, -0.1) is 0 Å². The van der Waals surface area contributed by atoms with Gasteiger partial charge in [-0.3, -0.25) is 0 Å². The van der Waals surface area contributed by atoms with Gasteiger partial charge in [0.25, 0.3) is 0 Å². The summed E-state index contributed by atoms with van der Waals surface area (Å²) in [6.07, 6.45) is 0. The number of methoxy groups -OCH3 is 1. The van der Waals surface area contributed by atoms with Crippen molar-refractivity contribution in [3.05, 3.63) is 52.3 Å². The third kappa shape index (κ3) is 2.50. The lowest BCUT2D eigenvalue weighted by Gasteiger charge is -2.16. The Morgan fingerprint density at radius 1 is 1.05 bits per heavy atom. The summed E-state index contributed by atoms with van der Waals surface area (Å²) in [6, 6.07) is 7.73. The summed E-state index contributed by atoms with van der Waals surface area (Å²) in [5.41, 5.74) is 6.35. The molecule has 0 radical (unpaired) electrons. The molecule has 1 aliphatic heterocycles. The largest absolute Gasteiger partial charge is 0.496 e. The Labute approximate surface area is 130 Å². The summed E-state index contributed by atoms with van der Waals surface area (Å²) in [6.45, 7) is 7.39. The molecule has 2 aromatic rings. The van der Waals surface area contributed by atoms with Crippen LogP contribution < -0.4 is 4.74 Å². The fourth-order valence-corrected chi connectivity index (χ4v) is 3.04. The Kier molecular flexibility index (Phi) is 3.92. The molecule has 0 aliphatic carbocycles. The predicted molar refractivity (Wildman–Crippen MR) is 85.7 cm³/mol. The van der Waals surface area contributed by atoms with E-state index in [0.29, 0.717) is 24.5 Å². The summed E-state index contributed by atoms with van der Waals surface area (Å²) in [5.74, 6) is 0.490. The number of benzene rings is 2. The van der Waals surface area contributed by atoms with E-state index in [2.05, 4.69) is 19.1 Å². The van der Waals surface area contributed by atoms with Crippen LogP contribution in [0.5, 0.6) is 5.75 Å². The Morgan fingerprint density at radius 3 is 2.36 bits per heavy atom. The molecule has 0 spiro atoms. The molecule has 0 atom stereocenters. The van der Waals surface area contributed by atoms with Crippen molar-refractivity contribution in [3.8, 4) is 16.9 Å². The van der Waals surface area contributed by atoms with Gasteiger partial charge in [-0.1, -0.05) is 19.9 Å². The van der Waals surface area contributed by atoms with Gasteiger partial charge in [0.05, 0.1) is 20.3 Å². The van der Waals surface area contributed by atoms with Crippen LogP contribution in [0.3, 0.4) is 0 Å². The molecule has 0 bridgehead atoms. The first-order valence-electron chi connectivity index (χ1n) is 7.59. The van der Waals surface area contributed by atoms with Gasteiger partial charge in [0, 0.05) is 11.6 Å². The molecule has 0 saturated heterocycles. The molecule has 3 rings (SSSR count). The molecule has 0 amide bonds. The normalized spacial score (nSPS) is 13.5. The Morgan fingerprint density at radius 2 is 1.73 bits per heavy atom. The van der Waals surface area contributed by atoms with Crippen molar-refractivity contribution < 1.29 is 13.9 Å². The van der Waals surface area contributed by atoms with Gasteiger partial charge in [0.15, 0.2) is 0 Å². The number of fused-ring (bicyclic) bond motifs is 1. The zero-order chi connectivity index (χ0) is 15.9. The van der Waals surface area contributed by atoms with Gasteiger partial charge in [-0.05, 0) is 52.8 Å². The fraction of sp³-hybridized carbons (Fsp3) is 0.368. The molecular weight excluding hydrogens is 279 g/mol. The number of aryl methyl sites for hydroxylation is 1. The summed E-state index contributed by atoms with van der Waals surface area (Å²) in [7, 11) is 1.58. The van der Waals surface area contributed by atoms with Gasteiger partial charge in [0.2, 0.25) is 0 Å². The van der Waals surface area contributed by atoms with Crippen molar-refractivity contribution >= 4 is 0 Å². The Balaban J connectivity index is 2.21. The lowest BCUT2D eigenvalue weighted by atomic mass is 9.91. The van der Waals surface area contributed by atoms with E-state index in [1.165, 1.54) is 17.2 Å². The predicted octanol–water partition coefficient (Wildman–Crippen LogP) is 4.96. The van der Waals surface area contributed by atoms with Crippen LogP contribution in [-0.2, 0) is 18.0 Å². The fourth-order valence-electron chi connectivity index (χ4n) is 3.04. The van der Waals surface area contributed by atoms with E-state index >= 15 is 0 Å². The average Bonchev–Trinajstić information content (AvgIpc) is 2.92. The molecule has 0 aromatic heterocycles. The minimum atomic E-state index is -0.210. The maximum Gasteiger partial charge on any atom is 0.130 e. The Hall–Kier alpha value is -1.87. The molecule has 0 N–H and O–H groups in total. The summed E-state index contributed by atoms with van der Waals surface area (Å²) in [4.78, 5) is 0. The van der Waals surface area contributed by atoms with Crippen LogP contribution >= 0.6 is 0 Å². The van der Waals surface area contributed by atoms with Crippen LogP contribution in [0.15, 0.2) is 24.3 Å². The van der Waals surface area contributed by atoms with Crippen LogP contribution in [0.2, 0.25) is 0 Å². The third-order valence-corrected chi connectivity index (χ3v) is 4.29. The highest BCUT2D eigenvalue weighted by Gasteiger charge is 2.19. The first kappa shape index (κ1) is 15.0. The molecule has 2 nitrogen and oxygen atoms in total. The molecule has 116 valence electrons. The van der Waals surface area contributed by atoms with E-state index in [1.807, 2.05) is 19.9 Å². The highest BCUT2D eigenvalue weighted by atomic mass is 19.1. The quantitative estimate of drug-likeness (QED) is 0.797. The minimum Gasteiger partial charge on any atom is -0.496 e. The standard InChI is InChI=1S/C19H21FO2/c1-11(2)15-7-17(19(21-4)8-18(15)20)16-6-14-10-22-9-13(14)5-12(16)3/h5-8,11H,9-10H2,1-4H3. The smallest absolute Gasteiger partial charge is 0.130 e. The number of halogens is 1. The molecule has 1 heterocycles. The van der Waals surface area contributed by atoms with E-state index in [1.54, 1.807) is 7.11 Å². The minimum absolute atomic E-state index is 0.128. The van der Waals surface area contributed by atoms with Crippen molar-refractivity contribution in [2.45, 2.75) is 39.9 Å². The third-order valence-electron chi connectivity index (χ3n) is 4.29. The maximum absolute atomic E-state index is 14.2. The van der Waals surface area contributed by atoms with E-state index in [-0.39, 0.29) is 11.7 Å². The average molecular weight is 300 g/mol. The van der Waals surface area contributed by atoms with E-state index in [4.69, 9.17) is 9.47 Å². The number of hydrogen-bond donors (Lipinski definition) is 0. The van der Waals surface area contributed by atoms with Crippen LogP contribution in [-0.4, -0.2) is 7.11 Å². The first-order chi connectivity index (χ1) is 10.5. The highest BCUT2D eigenvalue weighted by Crippen LogP contribution is 2.38. The van der Waals surface area contributed by atoms with Crippen molar-refractivity contribution in [2.24, 2.45) is 0 Å². The molecular formula is C19H21FO2. The summed E-state index contributed by atoms with van der Waals surface area (Å²) >= 11 is 0. The van der Waals surface area contributed by atoms with Crippen LogP contribution in [0.1, 0.15) is 42.0 Å². The van der Waals surface area contributed by atoms with Gasteiger partial charge in [0.1, 0.15) is 11.6 Å². The number of hydrogen-bond acceptors (Lipinski definition) is 2. The zero-order valence-corrected chi connectivity index (χ0v) is 13.5. The van der Waals surface area contributed by atoms with Gasteiger partial charge >= 0.3 is 0 Å². The second-order valence-corrected chi connectivity index (χ2v) is 6.16. The highest BCUT2D eigenvalue weighted by molar-refractivity contribution is 5.75. The number of rotatable bonds is 3. The van der Waals surface area contributed by atoms with E-state index in [0.717, 1.165) is 16.7 Å². The van der Waals surface area contributed by atoms with Crippen LogP contribution in [0, 0.1) is 12.7 Å². The summed E-state index contributed by atoms with van der Waals surface area (Å²) < 4.78 is 25.1. The number of ether oxygens (including phenoxy) is 2. The molecule has 2 aromatic carbocycles. The topological polar surface area (TPSA) is 18.5 Å². The first-order valence-corrected chi connectivity index (χ1v) is 7.59. The van der Waals surface area contributed by atoms with Gasteiger partial charge in [-0.25, -0.2) is 4.39 Å². The van der Waals surface area contributed by atoms with E-state index in [9.17, 15) is 4.39 Å². The van der Waals surface area contributed by atoms with E-state index < -0.39 is 0 Å². The monoisotopic (exact) mass is 300 g/mol. The summed E-state index contributed by atoms with van der Waals surface area (Å²) in [5, 5.41) is 0. The SMILES string of the molecule is COc1cc(F)c(C(C)C)cc1-c1cc2c(cc1C)COC2. The second-order valence-electron chi connectivity index (χ2n) is 6.16. The van der Waals surface area contributed by atoms with Crippen molar-refractivity contribution in [2.75, 3.05) is 7.11 Å². The van der Waals surface area contributed by atoms with Gasteiger partial charge in [-0.2, -0.15) is 0 Å². The molecule has 22 heavy (non-hydrogen) atoms. The van der Waals surface area contributed by atoms with Gasteiger partial charge < -0.3 is 9.47 Å². The molecule has 1 aliphatic rings. The zero-order valence-electron chi connectivity index (χ0n) is 13.5. The van der Waals surface area contributed by atoms with Crippen molar-refractivity contribution in [3.63, 3.8) is 0 Å². The maximum atomic E-state index is 14.2. The molecule has 0 unspecified atom stereocenters. The van der Waals surface area contributed by atoms with Crippen molar-refractivity contribution in [1.82, 2.24) is 0 Å². The molecule has 0 saturated carbocycles. The van der Waals surface area contributed by atoms with Crippen LogP contribution in [0.4, 0.5) is 4.39 Å². The lowest BCUT2D eigenvalue weighted by molar-refractivity contribution is 0.134. The Bertz CT molecular complexity index is 720. The van der Waals surface area contributed by atoms with Crippen molar-refractivity contribution in [1.29, 1.82) is 0 Å².